The Labute approximate surface area is 107 Å². The SMILES string of the molecule is C=CC(=O)NCCC(=O)CC[N+](C)(C)CC(=O)O. The van der Waals surface area contributed by atoms with Crippen LogP contribution in [0.3, 0.4) is 0 Å². The summed E-state index contributed by atoms with van der Waals surface area (Å²) >= 11 is 0. The van der Waals surface area contributed by atoms with Gasteiger partial charge in [-0.3, -0.25) is 9.59 Å². The predicted octanol–water partition coefficient (Wildman–Crippen LogP) is -0.201. The van der Waals surface area contributed by atoms with Crippen LogP contribution in [0, 0.1) is 0 Å². The lowest BCUT2D eigenvalue weighted by Gasteiger charge is -2.27. The molecule has 102 valence electrons. The Hall–Kier alpha value is -1.69. The van der Waals surface area contributed by atoms with Crippen molar-refractivity contribution in [1.29, 1.82) is 0 Å². The molecule has 6 nitrogen and oxygen atoms in total. The van der Waals surface area contributed by atoms with Crippen molar-refractivity contribution in [2.75, 3.05) is 33.7 Å². The third-order valence-corrected chi connectivity index (χ3v) is 2.45. The fraction of sp³-hybridized carbons (Fsp3) is 0.583. The lowest BCUT2D eigenvalue weighted by atomic mass is 10.2. The van der Waals surface area contributed by atoms with Crippen LogP contribution in [-0.4, -0.2) is 61.0 Å². The number of nitrogens with zero attached hydrogens (tertiary/aromatic N) is 1. The molecule has 0 aliphatic heterocycles. The Morgan fingerprint density at radius 3 is 2.39 bits per heavy atom. The second kappa shape index (κ2) is 7.60. The number of carboxylic acids is 1. The number of rotatable bonds is 9. The minimum Gasteiger partial charge on any atom is -0.477 e. The third kappa shape index (κ3) is 8.46. The van der Waals surface area contributed by atoms with E-state index in [0.29, 0.717) is 13.0 Å². The zero-order valence-corrected chi connectivity index (χ0v) is 10.9. The normalized spacial score (nSPS) is 10.8. The van der Waals surface area contributed by atoms with Crippen LogP contribution >= 0.6 is 0 Å². The summed E-state index contributed by atoms with van der Waals surface area (Å²) in [6.45, 7) is 4.05. The van der Waals surface area contributed by atoms with E-state index < -0.39 is 5.97 Å². The molecule has 0 rings (SSSR count). The fourth-order valence-corrected chi connectivity index (χ4v) is 1.39. The van der Waals surface area contributed by atoms with Gasteiger partial charge < -0.3 is 14.9 Å². The molecule has 0 heterocycles. The number of carboxylic acid groups (broad SMARTS) is 1. The smallest absolute Gasteiger partial charge is 0.359 e. The zero-order valence-electron chi connectivity index (χ0n) is 10.9. The summed E-state index contributed by atoms with van der Waals surface area (Å²) in [5.41, 5.74) is 0. The fourth-order valence-electron chi connectivity index (χ4n) is 1.39. The lowest BCUT2D eigenvalue weighted by molar-refractivity contribution is -0.882. The van der Waals surface area contributed by atoms with E-state index in [1.807, 2.05) is 0 Å². The lowest BCUT2D eigenvalue weighted by Crippen LogP contribution is -2.45. The molecular formula is C12H21N2O4+. The summed E-state index contributed by atoms with van der Waals surface area (Å²) in [5, 5.41) is 11.2. The van der Waals surface area contributed by atoms with Crippen molar-refractivity contribution in [1.82, 2.24) is 5.32 Å². The molecule has 0 fully saturated rings. The van der Waals surface area contributed by atoms with Crippen molar-refractivity contribution in [3.8, 4) is 0 Å². The Balaban J connectivity index is 3.86. The van der Waals surface area contributed by atoms with E-state index in [1.54, 1.807) is 14.1 Å². The van der Waals surface area contributed by atoms with E-state index in [4.69, 9.17) is 5.11 Å². The summed E-state index contributed by atoms with van der Waals surface area (Å²) in [5.74, 6) is -1.17. The summed E-state index contributed by atoms with van der Waals surface area (Å²) in [7, 11) is 3.53. The molecular weight excluding hydrogens is 236 g/mol. The quantitative estimate of drug-likeness (QED) is 0.442. The number of hydrogen-bond acceptors (Lipinski definition) is 3. The predicted molar refractivity (Wildman–Crippen MR) is 66.9 cm³/mol. The summed E-state index contributed by atoms with van der Waals surface area (Å²) in [6, 6.07) is 0. The van der Waals surface area contributed by atoms with Crippen molar-refractivity contribution in [3.63, 3.8) is 0 Å². The molecule has 0 aromatic heterocycles. The second-order valence-corrected chi connectivity index (χ2v) is 4.75. The van der Waals surface area contributed by atoms with Gasteiger partial charge in [0.05, 0.1) is 27.1 Å². The number of aliphatic carboxylic acids is 1. The first-order valence-corrected chi connectivity index (χ1v) is 5.72. The number of nitrogens with one attached hydrogen (secondary N) is 1. The highest BCUT2D eigenvalue weighted by Gasteiger charge is 2.20. The Bertz CT molecular complexity index is 337. The van der Waals surface area contributed by atoms with Crippen molar-refractivity contribution >= 4 is 17.7 Å². The Morgan fingerprint density at radius 1 is 1.28 bits per heavy atom. The Kier molecular flexibility index (Phi) is 6.89. The van der Waals surface area contributed by atoms with Gasteiger partial charge in [0.1, 0.15) is 5.78 Å². The van der Waals surface area contributed by atoms with E-state index in [-0.39, 0.29) is 35.7 Å². The zero-order chi connectivity index (χ0) is 14.2. The summed E-state index contributed by atoms with van der Waals surface area (Å²) < 4.78 is 0.264. The number of carbonyl (C=O) groups is 3. The summed E-state index contributed by atoms with van der Waals surface area (Å²) in [6.07, 6.45) is 1.72. The van der Waals surface area contributed by atoms with Crippen LogP contribution in [0.1, 0.15) is 12.8 Å². The van der Waals surface area contributed by atoms with E-state index in [1.165, 1.54) is 0 Å². The molecule has 0 unspecified atom stereocenters. The number of quaternary nitrogens is 1. The van der Waals surface area contributed by atoms with Crippen molar-refractivity contribution in [2.45, 2.75) is 12.8 Å². The van der Waals surface area contributed by atoms with Crippen LogP contribution in [0.15, 0.2) is 12.7 Å². The topological polar surface area (TPSA) is 83.5 Å². The molecule has 0 aromatic rings. The molecule has 0 radical (unpaired) electrons. The molecule has 0 aromatic carbocycles. The standard InChI is InChI=1S/C12H20N2O4/c1-4-11(16)13-7-5-10(15)6-8-14(2,3)9-12(17)18/h4H,1,5-9H2,2-3H3,(H-,13,16,17,18)/p+1. The average molecular weight is 257 g/mol. The highest BCUT2D eigenvalue weighted by atomic mass is 16.4. The molecule has 18 heavy (non-hydrogen) atoms. The second-order valence-electron chi connectivity index (χ2n) is 4.75. The van der Waals surface area contributed by atoms with E-state index in [2.05, 4.69) is 11.9 Å². The van der Waals surface area contributed by atoms with Gasteiger partial charge in [-0.05, 0) is 6.08 Å². The van der Waals surface area contributed by atoms with Gasteiger partial charge in [-0.1, -0.05) is 6.58 Å². The number of likely N-dealkylation sites (N-methyl/N-ethyl adjacent to an activating group) is 1. The third-order valence-electron chi connectivity index (χ3n) is 2.45. The van der Waals surface area contributed by atoms with Crippen LogP contribution in [0.5, 0.6) is 0 Å². The molecule has 2 N–H and O–H groups in total. The molecule has 0 bridgehead atoms. The van der Waals surface area contributed by atoms with Crippen LogP contribution in [0.25, 0.3) is 0 Å². The maximum absolute atomic E-state index is 11.5. The van der Waals surface area contributed by atoms with Crippen LogP contribution in [0.4, 0.5) is 0 Å². The molecule has 0 spiro atoms. The first-order valence-electron chi connectivity index (χ1n) is 5.72. The number of hydrogen-bond donors (Lipinski definition) is 2. The number of Topliss-reactive ketones (excluding diaryl/α,β-unsaturated/α-hetero) is 1. The highest BCUT2D eigenvalue weighted by molar-refractivity contribution is 5.87. The van der Waals surface area contributed by atoms with Crippen molar-refractivity contribution < 1.29 is 24.0 Å². The van der Waals surface area contributed by atoms with E-state index >= 15 is 0 Å². The molecule has 0 saturated heterocycles. The molecule has 6 heteroatoms. The molecule has 0 aliphatic rings. The van der Waals surface area contributed by atoms with E-state index in [0.717, 1.165) is 6.08 Å². The van der Waals surface area contributed by atoms with Gasteiger partial charge >= 0.3 is 5.97 Å². The Morgan fingerprint density at radius 2 is 1.89 bits per heavy atom. The molecule has 0 saturated carbocycles. The van der Waals surface area contributed by atoms with Gasteiger partial charge in [0.15, 0.2) is 6.54 Å². The number of carbonyl (C=O) groups excluding carboxylic acids is 2. The first kappa shape index (κ1) is 16.3. The summed E-state index contributed by atoms with van der Waals surface area (Å²) in [4.78, 5) is 32.9. The molecule has 1 amide bonds. The molecule has 0 atom stereocenters. The van der Waals surface area contributed by atoms with Crippen molar-refractivity contribution in [2.24, 2.45) is 0 Å². The van der Waals surface area contributed by atoms with Crippen LogP contribution in [-0.2, 0) is 14.4 Å². The monoisotopic (exact) mass is 257 g/mol. The van der Waals surface area contributed by atoms with E-state index in [9.17, 15) is 14.4 Å². The van der Waals surface area contributed by atoms with Crippen molar-refractivity contribution in [3.05, 3.63) is 12.7 Å². The van der Waals surface area contributed by atoms with Gasteiger partial charge in [0.2, 0.25) is 5.91 Å². The van der Waals surface area contributed by atoms with Crippen LogP contribution < -0.4 is 5.32 Å². The van der Waals surface area contributed by atoms with Gasteiger partial charge in [-0.25, -0.2) is 4.79 Å². The minimum atomic E-state index is -0.884. The van der Waals surface area contributed by atoms with Crippen LogP contribution in [0.2, 0.25) is 0 Å². The van der Waals surface area contributed by atoms with Gasteiger partial charge in [0, 0.05) is 13.0 Å². The largest absolute Gasteiger partial charge is 0.477 e. The maximum Gasteiger partial charge on any atom is 0.359 e. The van der Waals surface area contributed by atoms with Gasteiger partial charge in [-0.2, -0.15) is 0 Å². The minimum absolute atomic E-state index is 0.0101. The molecule has 0 aliphatic carbocycles. The first-order chi connectivity index (χ1) is 8.26. The number of ketones is 1. The highest BCUT2D eigenvalue weighted by Crippen LogP contribution is 2.01. The average Bonchev–Trinajstić information content (AvgIpc) is 2.24. The van der Waals surface area contributed by atoms with Gasteiger partial charge in [0.25, 0.3) is 0 Å². The number of amides is 1. The van der Waals surface area contributed by atoms with Gasteiger partial charge in [-0.15, -0.1) is 0 Å². The maximum atomic E-state index is 11.5.